The van der Waals surface area contributed by atoms with Gasteiger partial charge in [-0.2, -0.15) is 13.2 Å². The van der Waals surface area contributed by atoms with Crippen LogP contribution in [0.4, 0.5) is 13.2 Å². The summed E-state index contributed by atoms with van der Waals surface area (Å²) in [6.07, 6.45) is -1.89. The number of amides is 1. The van der Waals surface area contributed by atoms with E-state index in [1.807, 2.05) is 0 Å². The van der Waals surface area contributed by atoms with Gasteiger partial charge in [0.05, 0.1) is 12.1 Å². The van der Waals surface area contributed by atoms with Crippen molar-refractivity contribution in [3.63, 3.8) is 0 Å². The number of nitrogens with one attached hydrogen (secondary N) is 1. The first-order chi connectivity index (χ1) is 8.42. The van der Waals surface area contributed by atoms with Crippen LogP contribution in [0.5, 0.6) is 0 Å². The molecule has 96 valence electrons. The van der Waals surface area contributed by atoms with Gasteiger partial charge in [-0.05, 0) is 6.07 Å². The van der Waals surface area contributed by atoms with Gasteiger partial charge in [-0.25, -0.2) is 0 Å². The van der Waals surface area contributed by atoms with Gasteiger partial charge in [0.25, 0.3) is 5.91 Å². The smallest absolute Gasteiger partial charge is 0.343 e. The lowest BCUT2D eigenvalue weighted by molar-refractivity contribution is -0.123. The molecule has 0 fully saturated rings. The van der Waals surface area contributed by atoms with E-state index < -0.39 is 18.6 Å². The molecule has 1 rings (SSSR count). The molecule has 0 aromatic carbocycles. The second kappa shape index (κ2) is 6.02. The fraction of sp³-hybridized carbons (Fsp3) is 0.273. The third kappa shape index (κ3) is 4.84. The number of aromatic nitrogens is 1. The quantitative estimate of drug-likeness (QED) is 0.766. The average molecular weight is 257 g/mol. The molecule has 1 aromatic heterocycles. The molecule has 1 amide bonds. The van der Waals surface area contributed by atoms with Gasteiger partial charge in [-0.3, -0.25) is 9.78 Å². The molecule has 0 saturated carbocycles. The molecule has 0 aliphatic carbocycles. The van der Waals surface area contributed by atoms with Crippen molar-refractivity contribution >= 4 is 5.91 Å². The summed E-state index contributed by atoms with van der Waals surface area (Å²) in [5, 5.41) is 1.75. The van der Waals surface area contributed by atoms with Crippen LogP contribution in [-0.2, 0) is 0 Å². The zero-order valence-corrected chi connectivity index (χ0v) is 9.21. The Hall–Kier alpha value is -2.07. The van der Waals surface area contributed by atoms with Crippen LogP contribution < -0.4 is 11.1 Å². The topological polar surface area (TPSA) is 68.0 Å². The number of carbonyl (C=O) groups excluding carboxylic acids is 1. The summed E-state index contributed by atoms with van der Waals surface area (Å²) >= 11 is 0. The van der Waals surface area contributed by atoms with Crippen molar-refractivity contribution in [2.75, 3.05) is 13.1 Å². The molecular formula is C11H10F3N3O. The molecule has 7 heteroatoms. The number of alkyl halides is 3. The first-order valence-electron chi connectivity index (χ1n) is 4.91. The van der Waals surface area contributed by atoms with Crippen LogP contribution in [0.15, 0.2) is 18.5 Å². The number of pyridine rings is 1. The Bertz CT molecular complexity index is 488. The van der Waals surface area contributed by atoms with Crippen molar-refractivity contribution in [1.29, 1.82) is 0 Å². The minimum absolute atomic E-state index is 0.0167. The van der Waals surface area contributed by atoms with Crippen molar-refractivity contribution in [3.8, 4) is 11.8 Å². The molecule has 1 aromatic rings. The van der Waals surface area contributed by atoms with Crippen LogP contribution in [-0.4, -0.2) is 30.2 Å². The Morgan fingerprint density at radius 2 is 2.17 bits per heavy atom. The summed E-state index contributed by atoms with van der Waals surface area (Å²) in [5.41, 5.74) is 5.60. The van der Waals surface area contributed by atoms with E-state index in [0.717, 1.165) is 0 Å². The molecule has 4 nitrogen and oxygen atoms in total. The normalized spacial score (nSPS) is 10.4. The maximum absolute atomic E-state index is 11.9. The molecule has 0 bridgehead atoms. The second-order valence-electron chi connectivity index (χ2n) is 3.27. The Labute approximate surface area is 101 Å². The van der Waals surface area contributed by atoms with Gasteiger partial charge in [-0.15, -0.1) is 0 Å². The zero-order chi connectivity index (χ0) is 13.6. The van der Waals surface area contributed by atoms with E-state index in [0.29, 0.717) is 5.56 Å². The van der Waals surface area contributed by atoms with Crippen LogP contribution in [0.2, 0.25) is 0 Å². The van der Waals surface area contributed by atoms with Gasteiger partial charge in [-0.1, -0.05) is 11.8 Å². The molecule has 0 aliphatic heterocycles. The summed E-state index contributed by atoms with van der Waals surface area (Å²) in [4.78, 5) is 15.1. The highest BCUT2D eigenvalue weighted by atomic mass is 19.4. The monoisotopic (exact) mass is 257 g/mol. The Morgan fingerprint density at radius 3 is 2.78 bits per heavy atom. The molecule has 18 heavy (non-hydrogen) atoms. The first-order valence-corrected chi connectivity index (χ1v) is 4.91. The lowest BCUT2D eigenvalue weighted by Crippen LogP contribution is -2.33. The van der Waals surface area contributed by atoms with Gasteiger partial charge < -0.3 is 11.1 Å². The summed E-state index contributed by atoms with van der Waals surface area (Å²) < 4.78 is 35.7. The maximum Gasteiger partial charge on any atom is 0.405 e. The Morgan fingerprint density at radius 1 is 1.44 bits per heavy atom. The van der Waals surface area contributed by atoms with Crippen LogP contribution in [0.25, 0.3) is 0 Å². The molecule has 0 radical (unpaired) electrons. The Balaban J connectivity index is 2.74. The van der Waals surface area contributed by atoms with Crippen molar-refractivity contribution in [2.24, 2.45) is 5.73 Å². The molecule has 0 unspecified atom stereocenters. The number of carbonyl (C=O) groups is 1. The van der Waals surface area contributed by atoms with Crippen LogP contribution >= 0.6 is 0 Å². The fourth-order valence-electron chi connectivity index (χ4n) is 1.07. The lowest BCUT2D eigenvalue weighted by Gasteiger charge is -2.08. The molecule has 1 heterocycles. The third-order valence-electron chi connectivity index (χ3n) is 1.78. The Kier molecular flexibility index (Phi) is 4.68. The molecule has 3 N–H and O–H groups in total. The van der Waals surface area contributed by atoms with E-state index in [2.05, 4.69) is 16.8 Å². The van der Waals surface area contributed by atoms with E-state index in [1.165, 1.54) is 18.5 Å². The highest BCUT2D eigenvalue weighted by Crippen LogP contribution is 2.12. The predicted molar refractivity (Wildman–Crippen MR) is 58.6 cm³/mol. The minimum atomic E-state index is -4.44. The van der Waals surface area contributed by atoms with Gasteiger partial charge in [0.15, 0.2) is 0 Å². The van der Waals surface area contributed by atoms with Crippen molar-refractivity contribution in [1.82, 2.24) is 10.3 Å². The summed E-state index contributed by atoms with van der Waals surface area (Å²) in [7, 11) is 0. The number of rotatable bonds is 2. The fourth-order valence-corrected chi connectivity index (χ4v) is 1.07. The number of hydrogen-bond acceptors (Lipinski definition) is 3. The van der Waals surface area contributed by atoms with E-state index in [-0.39, 0.29) is 12.1 Å². The highest BCUT2D eigenvalue weighted by Gasteiger charge is 2.27. The average Bonchev–Trinajstić information content (AvgIpc) is 2.33. The van der Waals surface area contributed by atoms with Crippen molar-refractivity contribution in [3.05, 3.63) is 29.6 Å². The number of hydrogen-bond donors (Lipinski definition) is 2. The zero-order valence-electron chi connectivity index (χ0n) is 9.21. The number of nitrogens with zero attached hydrogens (tertiary/aromatic N) is 1. The molecular weight excluding hydrogens is 247 g/mol. The third-order valence-corrected chi connectivity index (χ3v) is 1.78. The van der Waals surface area contributed by atoms with Crippen LogP contribution in [0.1, 0.15) is 15.9 Å². The van der Waals surface area contributed by atoms with E-state index in [1.54, 1.807) is 5.32 Å². The number of halogens is 3. The standard InChI is InChI=1S/C11H10F3N3O/c12-11(13,14)7-17-10(18)9-4-8(2-1-3-15)5-16-6-9/h4-6H,3,7,15H2,(H,17,18). The van der Waals surface area contributed by atoms with Gasteiger partial charge >= 0.3 is 6.18 Å². The van der Waals surface area contributed by atoms with E-state index in [4.69, 9.17) is 5.73 Å². The lowest BCUT2D eigenvalue weighted by atomic mass is 10.2. The molecule has 0 spiro atoms. The number of nitrogens with two attached hydrogens (primary N) is 1. The largest absolute Gasteiger partial charge is 0.405 e. The minimum Gasteiger partial charge on any atom is -0.343 e. The van der Waals surface area contributed by atoms with Crippen LogP contribution in [0, 0.1) is 11.8 Å². The predicted octanol–water partition coefficient (Wildman–Crippen LogP) is 0.684. The molecule has 0 atom stereocenters. The summed E-state index contributed by atoms with van der Waals surface area (Å²) in [6, 6.07) is 1.35. The van der Waals surface area contributed by atoms with E-state index >= 15 is 0 Å². The summed E-state index contributed by atoms with van der Waals surface area (Å²) in [6.45, 7) is -1.24. The van der Waals surface area contributed by atoms with Gasteiger partial charge in [0.2, 0.25) is 0 Å². The molecule has 0 aliphatic rings. The summed E-state index contributed by atoms with van der Waals surface area (Å²) in [5.74, 6) is 4.33. The van der Waals surface area contributed by atoms with Gasteiger partial charge in [0.1, 0.15) is 6.54 Å². The maximum atomic E-state index is 11.9. The van der Waals surface area contributed by atoms with E-state index in [9.17, 15) is 18.0 Å². The van der Waals surface area contributed by atoms with Crippen molar-refractivity contribution < 1.29 is 18.0 Å². The van der Waals surface area contributed by atoms with Gasteiger partial charge in [0, 0.05) is 18.0 Å². The SMILES string of the molecule is NCC#Cc1cncc(C(=O)NCC(F)(F)F)c1. The first kappa shape index (κ1) is 14.0. The van der Waals surface area contributed by atoms with Crippen molar-refractivity contribution in [2.45, 2.75) is 6.18 Å². The molecule has 0 saturated heterocycles. The highest BCUT2D eigenvalue weighted by molar-refractivity contribution is 5.94. The van der Waals surface area contributed by atoms with Crippen LogP contribution in [0.3, 0.4) is 0 Å². The second-order valence-corrected chi connectivity index (χ2v) is 3.27.